The zero-order chi connectivity index (χ0) is 25.7. The van der Waals surface area contributed by atoms with E-state index in [1.54, 1.807) is 4.90 Å². The summed E-state index contributed by atoms with van der Waals surface area (Å²) in [4.78, 5) is 40.1. The molecule has 9 heteroatoms. The van der Waals surface area contributed by atoms with E-state index in [1.165, 1.54) is 0 Å². The molecule has 192 valence electrons. The molecule has 8 nitrogen and oxygen atoms in total. The number of anilines is 3. The number of carbonyl (C=O) groups excluding carboxylic acids is 2. The molecule has 4 N–H and O–H groups in total. The van der Waals surface area contributed by atoms with E-state index >= 15 is 0 Å². The number of ether oxygens (including phenoxy) is 1. The Bertz CT molecular complexity index is 1150. The van der Waals surface area contributed by atoms with Crippen LogP contribution in [0.15, 0.2) is 48.5 Å². The standard InChI is InChI=1S/C27H35N3O5Si/c1-17-24(36(2,3)34)23(13-15-31)35-27(17)20-16-18(29-25(32)21-10-7-14-28-21)11-12-22(20)30(26(27)33)19-8-5-4-6-9-19/h4-6,8-9,11-12,16-17,21,23-24,28,31,34H,7,10,13-15H2,1-3H3,(H,29,32)/t17-,21+,23+,24-,27+/m0/s1. The molecule has 0 saturated carbocycles. The first kappa shape index (κ1) is 25.1. The number of nitrogens with one attached hydrogen (secondary N) is 2. The van der Waals surface area contributed by atoms with E-state index in [4.69, 9.17) is 4.74 Å². The first-order valence-corrected chi connectivity index (χ1v) is 15.8. The average Bonchev–Trinajstić information content (AvgIpc) is 3.53. The van der Waals surface area contributed by atoms with Gasteiger partial charge in [-0.1, -0.05) is 25.1 Å². The van der Waals surface area contributed by atoms with Crippen LogP contribution in [-0.2, 0) is 19.9 Å². The molecule has 1 spiro atoms. The van der Waals surface area contributed by atoms with E-state index in [0.717, 1.165) is 25.1 Å². The van der Waals surface area contributed by atoms with E-state index in [-0.39, 0.29) is 35.9 Å². The van der Waals surface area contributed by atoms with E-state index in [2.05, 4.69) is 10.6 Å². The van der Waals surface area contributed by atoms with Crippen LogP contribution in [0.25, 0.3) is 0 Å². The summed E-state index contributed by atoms with van der Waals surface area (Å²) >= 11 is 0. The summed E-state index contributed by atoms with van der Waals surface area (Å²) in [6.07, 6.45) is 1.64. The molecule has 36 heavy (non-hydrogen) atoms. The number of rotatable bonds is 6. The molecule has 5 rings (SSSR count). The lowest BCUT2D eigenvalue weighted by Crippen LogP contribution is -2.45. The van der Waals surface area contributed by atoms with Crippen LogP contribution >= 0.6 is 0 Å². The number of benzene rings is 2. The molecule has 0 bridgehead atoms. The molecule has 2 aromatic rings. The van der Waals surface area contributed by atoms with E-state index in [1.807, 2.05) is 68.5 Å². The molecule has 3 aliphatic heterocycles. The monoisotopic (exact) mass is 509 g/mol. The molecule has 3 heterocycles. The van der Waals surface area contributed by atoms with Crippen molar-refractivity contribution in [3.8, 4) is 0 Å². The lowest BCUT2D eigenvalue weighted by Gasteiger charge is -2.32. The number of carbonyl (C=O) groups is 2. The van der Waals surface area contributed by atoms with Crippen molar-refractivity contribution in [2.24, 2.45) is 5.92 Å². The Morgan fingerprint density at radius 2 is 2.00 bits per heavy atom. The van der Waals surface area contributed by atoms with Crippen LogP contribution in [0.3, 0.4) is 0 Å². The summed E-state index contributed by atoms with van der Waals surface area (Å²) in [6.45, 7) is 6.42. The van der Waals surface area contributed by atoms with Gasteiger partial charge in [-0.15, -0.1) is 0 Å². The van der Waals surface area contributed by atoms with Crippen molar-refractivity contribution in [3.05, 3.63) is 54.1 Å². The van der Waals surface area contributed by atoms with E-state index in [0.29, 0.717) is 23.4 Å². The molecule has 0 aliphatic carbocycles. The number of para-hydroxylation sites is 1. The summed E-state index contributed by atoms with van der Waals surface area (Å²) in [6, 6.07) is 14.7. The Hall–Kier alpha value is -2.56. The Morgan fingerprint density at radius 1 is 1.25 bits per heavy atom. The van der Waals surface area contributed by atoms with Crippen LogP contribution in [0, 0.1) is 5.92 Å². The molecule has 2 amide bonds. The number of amides is 2. The van der Waals surface area contributed by atoms with Crippen LogP contribution in [-0.4, -0.2) is 55.3 Å². The zero-order valence-electron chi connectivity index (χ0n) is 21.0. The second-order valence-corrected chi connectivity index (χ2v) is 14.7. The molecule has 2 saturated heterocycles. The van der Waals surface area contributed by atoms with Crippen LogP contribution in [0.4, 0.5) is 17.1 Å². The third kappa shape index (κ3) is 3.99. The average molecular weight is 510 g/mol. The van der Waals surface area contributed by atoms with Gasteiger partial charge in [-0.05, 0) is 69.2 Å². The molecule has 2 fully saturated rings. The van der Waals surface area contributed by atoms with Gasteiger partial charge in [0.1, 0.15) is 0 Å². The van der Waals surface area contributed by atoms with Crippen molar-refractivity contribution >= 4 is 37.2 Å². The predicted octanol–water partition coefficient (Wildman–Crippen LogP) is 3.24. The summed E-state index contributed by atoms with van der Waals surface area (Å²) in [5.41, 5.74) is 1.15. The first-order chi connectivity index (χ1) is 17.2. The number of fused-ring (bicyclic) bond motifs is 2. The smallest absolute Gasteiger partial charge is 0.268 e. The summed E-state index contributed by atoms with van der Waals surface area (Å²) in [7, 11) is -2.78. The maximum Gasteiger partial charge on any atom is 0.268 e. The first-order valence-electron chi connectivity index (χ1n) is 12.8. The van der Waals surface area contributed by atoms with Crippen LogP contribution < -0.4 is 15.5 Å². The normalized spacial score (nSPS) is 29.7. The summed E-state index contributed by atoms with van der Waals surface area (Å²) in [5.74, 6) is -0.630. The molecule has 0 radical (unpaired) electrons. The van der Waals surface area contributed by atoms with Crippen molar-refractivity contribution in [2.45, 2.75) is 62.6 Å². The quantitative estimate of drug-likeness (QED) is 0.445. The Kier molecular flexibility index (Phi) is 6.55. The van der Waals surface area contributed by atoms with Gasteiger partial charge in [0, 0.05) is 35.0 Å². The van der Waals surface area contributed by atoms with Gasteiger partial charge in [0.25, 0.3) is 5.91 Å². The number of nitrogens with zero attached hydrogens (tertiary/aromatic N) is 1. The van der Waals surface area contributed by atoms with Crippen molar-refractivity contribution in [1.82, 2.24) is 5.32 Å². The Labute approximate surface area is 212 Å². The number of aliphatic hydroxyl groups is 1. The number of hydrogen-bond acceptors (Lipinski definition) is 6. The largest absolute Gasteiger partial charge is 0.432 e. The number of hydrogen-bond donors (Lipinski definition) is 4. The van der Waals surface area contributed by atoms with Gasteiger partial charge in [0.05, 0.1) is 17.8 Å². The fourth-order valence-corrected chi connectivity index (χ4v) is 9.05. The third-order valence-electron chi connectivity index (χ3n) is 7.96. The zero-order valence-corrected chi connectivity index (χ0v) is 22.0. The van der Waals surface area contributed by atoms with Crippen molar-refractivity contribution < 1.29 is 24.2 Å². The van der Waals surface area contributed by atoms with E-state index in [9.17, 15) is 19.5 Å². The van der Waals surface area contributed by atoms with Gasteiger partial charge in [0.15, 0.2) is 13.9 Å². The molecule has 0 aromatic heterocycles. The van der Waals surface area contributed by atoms with Gasteiger partial charge < -0.3 is 25.3 Å². The van der Waals surface area contributed by atoms with Crippen molar-refractivity contribution in [3.63, 3.8) is 0 Å². The maximum absolute atomic E-state index is 14.3. The molecular formula is C27H35N3O5Si. The van der Waals surface area contributed by atoms with Gasteiger partial charge >= 0.3 is 0 Å². The van der Waals surface area contributed by atoms with Gasteiger partial charge in [-0.2, -0.15) is 0 Å². The maximum atomic E-state index is 14.3. The highest BCUT2D eigenvalue weighted by molar-refractivity contribution is 6.71. The molecule has 5 atom stereocenters. The lowest BCUT2D eigenvalue weighted by molar-refractivity contribution is -0.145. The summed E-state index contributed by atoms with van der Waals surface area (Å²) in [5, 5.41) is 16.0. The van der Waals surface area contributed by atoms with Gasteiger partial charge in [-0.3, -0.25) is 14.5 Å². The van der Waals surface area contributed by atoms with E-state index < -0.39 is 20.0 Å². The Balaban J connectivity index is 1.62. The highest BCUT2D eigenvalue weighted by atomic mass is 28.4. The summed E-state index contributed by atoms with van der Waals surface area (Å²) < 4.78 is 6.65. The second kappa shape index (κ2) is 9.39. The third-order valence-corrected chi connectivity index (χ3v) is 10.5. The highest BCUT2D eigenvalue weighted by Gasteiger charge is 2.66. The Morgan fingerprint density at radius 3 is 2.64 bits per heavy atom. The topological polar surface area (TPSA) is 111 Å². The molecule has 0 unspecified atom stereocenters. The van der Waals surface area contributed by atoms with Crippen LogP contribution in [0.1, 0.15) is 31.7 Å². The van der Waals surface area contributed by atoms with Crippen molar-refractivity contribution in [1.29, 1.82) is 0 Å². The fourth-order valence-electron chi connectivity index (χ4n) is 6.45. The van der Waals surface area contributed by atoms with Crippen molar-refractivity contribution in [2.75, 3.05) is 23.4 Å². The molecule has 2 aromatic carbocycles. The second-order valence-electron chi connectivity index (χ2n) is 10.7. The van der Waals surface area contributed by atoms with Crippen LogP contribution in [0.5, 0.6) is 0 Å². The highest BCUT2D eigenvalue weighted by Crippen LogP contribution is 2.60. The van der Waals surface area contributed by atoms with Gasteiger partial charge in [-0.25, -0.2) is 0 Å². The fraction of sp³-hybridized carbons (Fsp3) is 0.481. The minimum Gasteiger partial charge on any atom is -0.432 e. The van der Waals surface area contributed by atoms with Gasteiger partial charge in [0.2, 0.25) is 5.91 Å². The lowest BCUT2D eigenvalue weighted by atomic mass is 9.82. The predicted molar refractivity (Wildman–Crippen MR) is 141 cm³/mol. The minimum atomic E-state index is -2.78. The molecular weight excluding hydrogens is 474 g/mol. The number of aliphatic hydroxyl groups excluding tert-OH is 1. The SMILES string of the molecule is C[C@H]1[C@H]([Si](C)(C)O)[C@@H](CCO)O[C@]12C(=O)N(c1ccccc1)c1ccc(NC(=O)[C@H]3CCCN3)cc12. The minimum absolute atomic E-state index is 0.0916. The molecule has 3 aliphatic rings. The van der Waals surface area contributed by atoms with Crippen LogP contribution in [0.2, 0.25) is 18.6 Å².